The van der Waals surface area contributed by atoms with Gasteiger partial charge < -0.3 is 10.2 Å². The Labute approximate surface area is 83.7 Å². The minimum Gasteiger partial charge on any atom is -0.317 e. The van der Waals surface area contributed by atoms with Gasteiger partial charge in [0.2, 0.25) is 0 Å². The largest absolute Gasteiger partial charge is 0.317 e. The van der Waals surface area contributed by atoms with Gasteiger partial charge in [0, 0.05) is 0 Å². The fraction of sp³-hybridized carbons (Fsp3) is 1.00. The molecule has 0 rings (SSSR count). The molecule has 0 aromatic rings. The molecule has 1 N–H and O–H groups in total. The van der Waals surface area contributed by atoms with Crippen molar-refractivity contribution in [2.45, 2.75) is 33.1 Å². The molecule has 0 bridgehead atoms. The predicted molar refractivity (Wildman–Crippen MR) is 60.1 cm³/mol. The van der Waals surface area contributed by atoms with Gasteiger partial charge in [-0.05, 0) is 58.9 Å². The highest BCUT2D eigenvalue weighted by molar-refractivity contribution is 4.57. The van der Waals surface area contributed by atoms with Gasteiger partial charge in [0.15, 0.2) is 0 Å². The first-order chi connectivity index (χ1) is 6.16. The van der Waals surface area contributed by atoms with E-state index in [4.69, 9.17) is 0 Å². The maximum absolute atomic E-state index is 3.44. The fourth-order valence-corrected chi connectivity index (χ4v) is 1.27. The molecule has 0 aromatic carbocycles. The Bertz CT molecular complexity index is 102. The molecule has 80 valence electrons. The average Bonchev–Trinajstić information content (AvgIpc) is 2.09. The van der Waals surface area contributed by atoms with E-state index < -0.39 is 0 Å². The van der Waals surface area contributed by atoms with Gasteiger partial charge in [-0.15, -0.1) is 0 Å². The molecule has 0 heterocycles. The molecule has 0 amide bonds. The number of rotatable bonds is 8. The van der Waals surface area contributed by atoms with Gasteiger partial charge in [-0.2, -0.15) is 0 Å². The lowest BCUT2D eigenvalue weighted by Gasteiger charge is -2.15. The Balaban J connectivity index is 3.15. The minimum atomic E-state index is 0.853. The summed E-state index contributed by atoms with van der Waals surface area (Å²) in [5, 5.41) is 3.44. The highest BCUT2D eigenvalue weighted by Crippen LogP contribution is 2.06. The van der Waals surface area contributed by atoms with E-state index in [1.54, 1.807) is 0 Å². The van der Waals surface area contributed by atoms with Crippen LogP contribution < -0.4 is 5.32 Å². The normalized spacial score (nSPS) is 13.6. The standard InChI is InChI=1S/C11H26N2/c1-5-8-12-9-6-11(2)7-10-13(3)4/h11-12H,5-10H2,1-4H3. The lowest BCUT2D eigenvalue weighted by atomic mass is 10.0. The molecule has 0 fully saturated rings. The van der Waals surface area contributed by atoms with Gasteiger partial charge in [-0.3, -0.25) is 0 Å². The molecule has 0 aliphatic rings. The highest BCUT2D eigenvalue weighted by atomic mass is 15.0. The summed E-state index contributed by atoms with van der Waals surface area (Å²) in [4.78, 5) is 2.26. The van der Waals surface area contributed by atoms with Crippen LogP contribution in [0.15, 0.2) is 0 Å². The number of nitrogens with one attached hydrogen (secondary N) is 1. The van der Waals surface area contributed by atoms with E-state index in [0.717, 1.165) is 5.92 Å². The second-order valence-electron chi connectivity index (χ2n) is 4.24. The molecule has 1 atom stereocenters. The summed E-state index contributed by atoms with van der Waals surface area (Å²) in [6, 6.07) is 0. The topological polar surface area (TPSA) is 15.3 Å². The molecular formula is C11H26N2. The Morgan fingerprint density at radius 1 is 1.15 bits per heavy atom. The van der Waals surface area contributed by atoms with Crippen LogP contribution in [0.3, 0.4) is 0 Å². The van der Waals surface area contributed by atoms with Crippen molar-refractivity contribution in [2.24, 2.45) is 5.92 Å². The molecule has 0 aliphatic heterocycles. The summed E-state index contributed by atoms with van der Waals surface area (Å²) in [5.74, 6) is 0.853. The molecule has 2 heteroatoms. The van der Waals surface area contributed by atoms with Crippen LogP contribution in [0.4, 0.5) is 0 Å². The predicted octanol–water partition coefficient (Wildman–Crippen LogP) is 1.96. The van der Waals surface area contributed by atoms with E-state index in [1.165, 1.54) is 38.9 Å². The van der Waals surface area contributed by atoms with Crippen LogP contribution >= 0.6 is 0 Å². The summed E-state index contributed by atoms with van der Waals surface area (Å²) in [6.07, 6.45) is 3.88. The highest BCUT2D eigenvalue weighted by Gasteiger charge is 2.01. The number of nitrogens with zero attached hydrogens (tertiary/aromatic N) is 1. The monoisotopic (exact) mass is 186 g/mol. The van der Waals surface area contributed by atoms with Gasteiger partial charge in [-0.25, -0.2) is 0 Å². The quantitative estimate of drug-likeness (QED) is 0.583. The molecule has 0 saturated carbocycles. The summed E-state index contributed by atoms with van der Waals surface area (Å²) in [5.41, 5.74) is 0. The zero-order chi connectivity index (χ0) is 10.1. The van der Waals surface area contributed by atoms with E-state index in [1.807, 2.05) is 0 Å². The van der Waals surface area contributed by atoms with Crippen LogP contribution in [0.1, 0.15) is 33.1 Å². The fourth-order valence-electron chi connectivity index (χ4n) is 1.27. The first kappa shape index (κ1) is 12.9. The van der Waals surface area contributed by atoms with Crippen molar-refractivity contribution >= 4 is 0 Å². The Hall–Kier alpha value is -0.0800. The smallest absolute Gasteiger partial charge is 0.00223 e. The van der Waals surface area contributed by atoms with E-state index >= 15 is 0 Å². The molecular weight excluding hydrogens is 160 g/mol. The van der Waals surface area contributed by atoms with Crippen LogP contribution in [0, 0.1) is 5.92 Å². The number of hydrogen-bond acceptors (Lipinski definition) is 2. The summed E-state index contributed by atoms with van der Waals surface area (Å²) in [7, 11) is 4.28. The second-order valence-corrected chi connectivity index (χ2v) is 4.24. The summed E-state index contributed by atoms with van der Waals surface area (Å²) < 4.78 is 0. The van der Waals surface area contributed by atoms with Crippen molar-refractivity contribution in [2.75, 3.05) is 33.7 Å². The maximum atomic E-state index is 3.44. The van der Waals surface area contributed by atoms with Gasteiger partial charge in [0.1, 0.15) is 0 Å². The zero-order valence-electron chi connectivity index (χ0n) is 9.77. The summed E-state index contributed by atoms with van der Waals surface area (Å²) in [6.45, 7) is 8.12. The Kier molecular flexibility index (Phi) is 8.46. The lowest BCUT2D eigenvalue weighted by molar-refractivity contribution is 0.349. The van der Waals surface area contributed by atoms with Gasteiger partial charge in [0.25, 0.3) is 0 Å². The van der Waals surface area contributed by atoms with Crippen molar-refractivity contribution < 1.29 is 0 Å². The first-order valence-corrected chi connectivity index (χ1v) is 5.52. The van der Waals surface area contributed by atoms with Crippen molar-refractivity contribution in [1.82, 2.24) is 10.2 Å². The van der Waals surface area contributed by atoms with Crippen molar-refractivity contribution in [3.8, 4) is 0 Å². The van der Waals surface area contributed by atoms with Gasteiger partial charge in [-0.1, -0.05) is 13.8 Å². The second kappa shape index (κ2) is 8.52. The van der Waals surface area contributed by atoms with E-state index in [0.29, 0.717) is 0 Å². The van der Waals surface area contributed by atoms with Crippen LogP contribution in [0.25, 0.3) is 0 Å². The third kappa shape index (κ3) is 9.84. The molecule has 0 aliphatic carbocycles. The van der Waals surface area contributed by atoms with Gasteiger partial charge >= 0.3 is 0 Å². The minimum absolute atomic E-state index is 0.853. The molecule has 2 nitrogen and oxygen atoms in total. The van der Waals surface area contributed by atoms with Crippen molar-refractivity contribution in [3.63, 3.8) is 0 Å². The maximum Gasteiger partial charge on any atom is -0.00223 e. The third-order valence-electron chi connectivity index (χ3n) is 2.31. The van der Waals surface area contributed by atoms with Crippen LogP contribution in [-0.2, 0) is 0 Å². The van der Waals surface area contributed by atoms with E-state index in [2.05, 4.69) is 38.2 Å². The molecule has 0 spiro atoms. The van der Waals surface area contributed by atoms with Gasteiger partial charge in [0.05, 0.1) is 0 Å². The SMILES string of the molecule is CCCNCCC(C)CCN(C)C. The molecule has 0 saturated heterocycles. The Morgan fingerprint density at radius 2 is 1.85 bits per heavy atom. The van der Waals surface area contributed by atoms with Crippen molar-refractivity contribution in [1.29, 1.82) is 0 Å². The summed E-state index contributed by atoms with van der Waals surface area (Å²) >= 11 is 0. The first-order valence-electron chi connectivity index (χ1n) is 5.52. The van der Waals surface area contributed by atoms with Crippen LogP contribution in [0.2, 0.25) is 0 Å². The molecule has 0 aromatic heterocycles. The molecule has 1 unspecified atom stereocenters. The molecule has 0 radical (unpaired) electrons. The zero-order valence-corrected chi connectivity index (χ0v) is 9.77. The molecule has 13 heavy (non-hydrogen) atoms. The van der Waals surface area contributed by atoms with E-state index in [-0.39, 0.29) is 0 Å². The third-order valence-corrected chi connectivity index (χ3v) is 2.31. The van der Waals surface area contributed by atoms with Crippen molar-refractivity contribution in [3.05, 3.63) is 0 Å². The van der Waals surface area contributed by atoms with E-state index in [9.17, 15) is 0 Å². The van der Waals surface area contributed by atoms with Crippen LogP contribution in [-0.4, -0.2) is 38.6 Å². The lowest BCUT2D eigenvalue weighted by Crippen LogP contribution is -2.20. The Morgan fingerprint density at radius 3 is 2.38 bits per heavy atom. The average molecular weight is 186 g/mol. The number of hydrogen-bond donors (Lipinski definition) is 1. The van der Waals surface area contributed by atoms with Crippen LogP contribution in [0.5, 0.6) is 0 Å².